The third-order valence-electron chi connectivity index (χ3n) is 4.22. The summed E-state index contributed by atoms with van der Waals surface area (Å²) in [4.78, 5) is 43.8. The minimum absolute atomic E-state index is 0.113. The minimum Gasteiger partial charge on any atom is -0.451 e. The monoisotopic (exact) mass is 376 g/mol. The predicted octanol–water partition coefficient (Wildman–Crippen LogP) is 1.81. The second-order valence-electron chi connectivity index (χ2n) is 6.48. The van der Waals surface area contributed by atoms with Crippen molar-refractivity contribution >= 4 is 33.4 Å². The fourth-order valence-corrected chi connectivity index (χ4v) is 3.39. The zero-order valence-electron chi connectivity index (χ0n) is 15.2. The van der Waals surface area contributed by atoms with Crippen molar-refractivity contribution in [1.82, 2.24) is 15.3 Å². The summed E-state index contributed by atoms with van der Waals surface area (Å²) in [6, 6.07) is 2.05. The number of carbonyl (C=O) groups is 2. The molecule has 0 aliphatic heterocycles. The number of esters is 1. The standard InChI is InChI=1S/C17H20N4O4S/c1-8(2)17(5,7-18)21-11(22)6-25-16(24)13-9(3)12-14(23)19-10(4)20-15(12)26-13/h8H,6H2,1-5H3,(H,21,22)(H,19,20,23)/t17-/m1/s1. The number of ether oxygens (including phenoxy) is 1. The number of hydrogen-bond donors (Lipinski definition) is 2. The lowest BCUT2D eigenvalue weighted by Gasteiger charge is -2.27. The molecule has 26 heavy (non-hydrogen) atoms. The fourth-order valence-electron chi connectivity index (χ4n) is 2.27. The van der Waals surface area contributed by atoms with Gasteiger partial charge in [-0.15, -0.1) is 11.3 Å². The van der Waals surface area contributed by atoms with E-state index in [0.717, 1.165) is 11.3 Å². The maximum Gasteiger partial charge on any atom is 0.349 e. The molecule has 0 spiro atoms. The van der Waals surface area contributed by atoms with Gasteiger partial charge in [-0.3, -0.25) is 9.59 Å². The summed E-state index contributed by atoms with van der Waals surface area (Å²) in [6.07, 6.45) is 0. The van der Waals surface area contributed by atoms with Crippen LogP contribution in [0.15, 0.2) is 4.79 Å². The van der Waals surface area contributed by atoms with E-state index in [2.05, 4.69) is 15.3 Å². The number of nitriles is 1. The van der Waals surface area contributed by atoms with Crippen LogP contribution in [0.2, 0.25) is 0 Å². The van der Waals surface area contributed by atoms with E-state index >= 15 is 0 Å². The Morgan fingerprint density at radius 1 is 1.42 bits per heavy atom. The van der Waals surface area contributed by atoms with E-state index in [0.29, 0.717) is 21.6 Å². The van der Waals surface area contributed by atoms with Crippen molar-refractivity contribution in [1.29, 1.82) is 5.26 Å². The van der Waals surface area contributed by atoms with Crippen LogP contribution in [0.4, 0.5) is 0 Å². The van der Waals surface area contributed by atoms with Crippen LogP contribution in [-0.4, -0.2) is 34.0 Å². The number of nitrogens with zero attached hydrogens (tertiary/aromatic N) is 2. The first-order valence-corrected chi connectivity index (χ1v) is 8.80. The summed E-state index contributed by atoms with van der Waals surface area (Å²) < 4.78 is 5.05. The molecule has 2 aromatic heterocycles. The molecule has 1 amide bonds. The topological polar surface area (TPSA) is 125 Å². The van der Waals surface area contributed by atoms with E-state index in [4.69, 9.17) is 4.74 Å². The van der Waals surface area contributed by atoms with Crippen LogP contribution in [0, 0.1) is 31.1 Å². The number of fused-ring (bicyclic) bond motifs is 1. The average Bonchev–Trinajstić information content (AvgIpc) is 2.89. The molecule has 0 aromatic carbocycles. The second-order valence-corrected chi connectivity index (χ2v) is 7.48. The van der Waals surface area contributed by atoms with Gasteiger partial charge in [0.25, 0.3) is 11.5 Å². The molecule has 0 radical (unpaired) electrons. The van der Waals surface area contributed by atoms with Gasteiger partial charge in [0.15, 0.2) is 6.61 Å². The van der Waals surface area contributed by atoms with Crippen LogP contribution in [0.5, 0.6) is 0 Å². The van der Waals surface area contributed by atoms with Crippen LogP contribution < -0.4 is 10.9 Å². The smallest absolute Gasteiger partial charge is 0.349 e. The molecular weight excluding hydrogens is 356 g/mol. The summed E-state index contributed by atoms with van der Waals surface area (Å²) in [6.45, 7) is 7.99. The number of H-pyrrole nitrogens is 1. The van der Waals surface area contributed by atoms with Crippen molar-refractivity contribution in [3.05, 3.63) is 26.6 Å². The zero-order valence-corrected chi connectivity index (χ0v) is 16.0. The van der Waals surface area contributed by atoms with E-state index in [1.54, 1.807) is 20.8 Å². The molecule has 0 saturated carbocycles. The quantitative estimate of drug-likeness (QED) is 0.767. The number of thiophene rings is 1. The van der Waals surface area contributed by atoms with Gasteiger partial charge in [0, 0.05) is 0 Å². The molecule has 2 aromatic rings. The Hall–Kier alpha value is -2.73. The van der Waals surface area contributed by atoms with Crippen molar-refractivity contribution in [3.8, 4) is 6.07 Å². The Morgan fingerprint density at radius 3 is 2.65 bits per heavy atom. The molecule has 0 saturated heterocycles. The molecule has 2 heterocycles. The van der Waals surface area contributed by atoms with Gasteiger partial charge in [-0.1, -0.05) is 13.8 Å². The van der Waals surface area contributed by atoms with Crippen molar-refractivity contribution in [2.24, 2.45) is 5.92 Å². The SMILES string of the molecule is Cc1nc2sc(C(=O)OCC(=O)N[C@](C)(C#N)C(C)C)c(C)c2c(=O)[nH]1. The zero-order chi connectivity index (χ0) is 19.6. The highest BCUT2D eigenvalue weighted by Gasteiger charge is 2.30. The van der Waals surface area contributed by atoms with E-state index < -0.39 is 24.0 Å². The highest BCUT2D eigenvalue weighted by molar-refractivity contribution is 7.20. The third-order valence-corrected chi connectivity index (χ3v) is 5.39. The van der Waals surface area contributed by atoms with Gasteiger partial charge in [0.05, 0.1) is 11.5 Å². The van der Waals surface area contributed by atoms with Gasteiger partial charge in [-0.25, -0.2) is 9.78 Å². The number of aromatic amines is 1. The summed E-state index contributed by atoms with van der Waals surface area (Å²) in [5.41, 5.74) is -0.904. The highest BCUT2D eigenvalue weighted by Crippen LogP contribution is 2.27. The number of rotatable bonds is 5. The lowest BCUT2D eigenvalue weighted by molar-refractivity contribution is -0.125. The maximum atomic E-state index is 12.3. The Morgan fingerprint density at radius 2 is 2.08 bits per heavy atom. The first kappa shape index (κ1) is 19.6. The normalized spacial score (nSPS) is 13.3. The van der Waals surface area contributed by atoms with Crippen LogP contribution in [0.3, 0.4) is 0 Å². The molecule has 138 valence electrons. The molecule has 0 fully saturated rings. The van der Waals surface area contributed by atoms with E-state index in [1.807, 2.05) is 19.9 Å². The largest absolute Gasteiger partial charge is 0.451 e. The van der Waals surface area contributed by atoms with Crippen molar-refractivity contribution in [2.75, 3.05) is 6.61 Å². The van der Waals surface area contributed by atoms with Crippen LogP contribution in [0.1, 0.15) is 41.8 Å². The lowest BCUT2D eigenvalue weighted by Crippen LogP contribution is -2.50. The molecule has 1 atom stereocenters. The van der Waals surface area contributed by atoms with Gasteiger partial charge in [0.1, 0.15) is 21.1 Å². The molecular formula is C17H20N4O4S. The van der Waals surface area contributed by atoms with Crippen molar-refractivity contribution in [3.63, 3.8) is 0 Å². The van der Waals surface area contributed by atoms with Gasteiger partial charge in [0.2, 0.25) is 0 Å². The lowest BCUT2D eigenvalue weighted by atomic mass is 9.90. The van der Waals surface area contributed by atoms with E-state index in [-0.39, 0.29) is 16.4 Å². The molecule has 0 aliphatic rings. The van der Waals surface area contributed by atoms with E-state index in [9.17, 15) is 19.6 Å². The first-order valence-electron chi connectivity index (χ1n) is 7.98. The predicted molar refractivity (Wildman–Crippen MR) is 97.0 cm³/mol. The number of hydrogen-bond acceptors (Lipinski definition) is 7. The van der Waals surface area contributed by atoms with Gasteiger partial charge >= 0.3 is 5.97 Å². The third kappa shape index (κ3) is 3.75. The van der Waals surface area contributed by atoms with Crippen LogP contribution in [0.25, 0.3) is 10.2 Å². The second kappa shape index (κ2) is 7.25. The maximum absolute atomic E-state index is 12.3. The highest BCUT2D eigenvalue weighted by atomic mass is 32.1. The Labute approximate surface area is 154 Å². The Balaban J connectivity index is 2.14. The molecule has 2 N–H and O–H groups in total. The molecule has 8 nitrogen and oxygen atoms in total. The summed E-state index contributed by atoms with van der Waals surface area (Å²) >= 11 is 1.04. The number of aryl methyl sites for hydroxylation is 2. The molecule has 0 unspecified atom stereocenters. The van der Waals surface area contributed by atoms with Gasteiger partial charge in [-0.2, -0.15) is 5.26 Å². The molecule has 2 rings (SSSR count). The average molecular weight is 376 g/mol. The van der Waals surface area contributed by atoms with Gasteiger partial charge in [-0.05, 0) is 32.3 Å². The number of nitrogens with one attached hydrogen (secondary N) is 2. The summed E-state index contributed by atoms with van der Waals surface area (Å²) in [5, 5.41) is 12.1. The van der Waals surface area contributed by atoms with Crippen LogP contribution >= 0.6 is 11.3 Å². The van der Waals surface area contributed by atoms with Crippen molar-refractivity contribution in [2.45, 2.75) is 40.2 Å². The van der Waals surface area contributed by atoms with E-state index in [1.165, 1.54) is 0 Å². The van der Waals surface area contributed by atoms with Crippen LogP contribution in [-0.2, 0) is 9.53 Å². The molecule has 9 heteroatoms. The number of carbonyl (C=O) groups excluding carboxylic acids is 2. The van der Waals surface area contributed by atoms with Crippen molar-refractivity contribution < 1.29 is 14.3 Å². The minimum atomic E-state index is -1.05. The fraction of sp³-hybridized carbons (Fsp3) is 0.471. The molecule has 0 aliphatic carbocycles. The number of aromatic nitrogens is 2. The van der Waals surface area contributed by atoms with Gasteiger partial charge < -0.3 is 15.0 Å². The first-order chi connectivity index (χ1) is 12.1. The number of amides is 1. The Bertz CT molecular complexity index is 970. The Kier molecular flexibility index (Phi) is 5.47. The summed E-state index contributed by atoms with van der Waals surface area (Å²) in [7, 11) is 0. The molecule has 0 bridgehead atoms. The summed E-state index contributed by atoms with van der Waals surface area (Å²) in [5.74, 6) is -0.937.